The van der Waals surface area contributed by atoms with Crippen LogP contribution in [-0.2, 0) is 4.74 Å². The molecule has 2 saturated carbocycles. The van der Waals surface area contributed by atoms with E-state index in [1.54, 1.807) is 0 Å². The Balaban J connectivity index is 1.17. The zero-order valence-electron chi connectivity index (χ0n) is 18.2. The zero-order valence-corrected chi connectivity index (χ0v) is 18.2. The van der Waals surface area contributed by atoms with Crippen molar-refractivity contribution in [3.8, 4) is 0 Å². The van der Waals surface area contributed by atoms with Gasteiger partial charge in [-0.2, -0.15) is 0 Å². The molecular weight excluding hydrogens is 367 g/mol. The van der Waals surface area contributed by atoms with Crippen LogP contribution in [0, 0.1) is 22.6 Å². The summed E-state index contributed by atoms with van der Waals surface area (Å²) in [6.45, 7) is 12.2. The fraction of sp³-hybridized carbons (Fsp3) is 0.750. The summed E-state index contributed by atoms with van der Waals surface area (Å²) in [5.74, 6) is 0.598. The molecule has 3 aliphatic rings. The summed E-state index contributed by atoms with van der Waals surface area (Å²) >= 11 is 0. The van der Waals surface area contributed by atoms with Gasteiger partial charge < -0.3 is 14.7 Å². The van der Waals surface area contributed by atoms with E-state index in [4.69, 9.17) is 4.74 Å². The standard InChI is InChI=1S/C24H37FN2O2/c1-23(2)18-8-10-24(23,3)22(16-18)29-15-9-21(28)17-26-11-13-27(14-12-26)20-6-4-19(25)5-7-20/h4-7,18,21-22,28H,8-17H2,1-3H3/t18-,21+,22+,24-/m0/s1. The van der Waals surface area contributed by atoms with Crippen molar-refractivity contribution in [1.82, 2.24) is 4.90 Å². The van der Waals surface area contributed by atoms with Crippen molar-refractivity contribution in [1.29, 1.82) is 0 Å². The fourth-order valence-electron chi connectivity index (χ4n) is 5.96. The van der Waals surface area contributed by atoms with Gasteiger partial charge in [-0.25, -0.2) is 4.39 Å². The van der Waals surface area contributed by atoms with Crippen LogP contribution in [0.2, 0.25) is 0 Å². The van der Waals surface area contributed by atoms with E-state index in [0.717, 1.165) is 37.8 Å². The normalized spacial score (nSPS) is 32.7. The van der Waals surface area contributed by atoms with Gasteiger partial charge in [-0.1, -0.05) is 20.8 Å². The van der Waals surface area contributed by atoms with E-state index < -0.39 is 0 Å². The molecule has 0 radical (unpaired) electrons. The summed E-state index contributed by atoms with van der Waals surface area (Å²) in [4.78, 5) is 4.61. The average Bonchev–Trinajstić information content (AvgIpc) is 3.03. The van der Waals surface area contributed by atoms with Crippen LogP contribution >= 0.6 is 0 Å². The molecular formula is C24H37FN2O2. The Morgan fingerprint density at radius 2 is 1.83 bits per heavy atom. The number of anilines is 1. The van der Waals surface area contributed by atoms with Crippen molar-refractivity contribution >= 4 is 5.69 Å². The van der Waals surface area contributed by atoms with Crippen molar-refractivity contribution < 1.29 is 14.2 Å². The highest BCUT2D eigenvalue weighted by Crippen LogP contribution is 2.66. The number of rotatable bonds is 7. The fourth-order valence-corrected chi connectivity index (χ4v) is 5.96. The number of aliphatic hydroxyl groups excluding tert-OH is 1. The average molecular weight is 405 g/mol. The van der Waals surface area contributed by atoms with E-state index in [1.807, 2.05) is 12.1 Å². The van der Waals surface area contributed by atoms with E-state index in [-0.39, 0.29) is 11.9 Å². The number of piperazine rings is 1. The summed E-state index contributed by atoms with van der Waals surface area (Å²) < 4.78 is 19.4. The number of hydrogen-bond acceptors (Lipinski definition) is 4. The summed E-state index contributed by atoms with van der Waals surface area (Å²) in [5, 5.41) is 10.5. The number of nitrogens with zero attached hydrogens (tertiary/aromatic N) is 2. The van der Waals surface area contributed by atoms with Crippen LogP contribution in [0.15, 0.2) is 24.3 Å². The van der Waals surface area contributed by atoms with Crippen LogP contribution in [-0.4, -0.2) is 61.5 Å². The predicted molar refractivity (Wildman–Crippen MR) is 115 cm³/mol. The third kappa shape index (κ3) is 4.06. The smallest absolute Gasteiger partial charge is 0.123 e. The minimum atomic E-state index is -0.341. The van der Waals surface area contributed by atoms with Crippen LogP contribution in [0.5, 0.6) is 0 Å². The maximum Gasteiger partial charge on any atom is 0.123 e. The molecule has 1 aliphatic heterocycles. The number of aliphatic hydroxyl groups is 1. The van der Waals surface area contributed by atoms with Crippen LogP contribution in [0.1, 0.15) is 46.5 Å². The van der Waals surface area contributed by atoms with Gasteiger partial charge in [0.25, 0.3) is 0 Å². The number of hydrogen-bond donors (Lipinski definition) is 1. The van der Waals surface area contributed by atoms with E-state index in [0.29, 0.717) is 36.5 Å². The Kier molecular flexibility index (Phi) is 5.93. The second-order valence-electron chi connectivity index (χ2n) is 10.2. The molecule has 1 saturated heterocycles. The van der Waals surface area contributed by atoms with Crippen molar-refractivity contribution in [2.75, 3.05) is 44.2 Å². The highest BCUT2D eigenvalue weighted by atomic mass is 19.1. The molecule has 3 fully saturated rings. The van der Waals surface area contributed by atoms with Crippen LogP contribution in [0.4, 0.5) is 10.1 Å². The molecule has 0 spiro atoms. The Morgan fingerprint density at radius 1 is 1.14 bits per heavy atom. The van der Waals surface area contributed by atoms with Gasteiger partial charge in [0.15, 0.2) is 0 Å². The van der Waals surface area contributed by atoms with Crippen molar-refractivity contribution in [3.05, 3.63) is 30.1 Å². The first kappa shape index (κ1) is 21.1. The topological polar surface area (TPSA) is 35.9 Å². The van der Waals surface area contributed by atoms with Gasteiger partial charge >= 0.3 is 0 Å². The maximum atomic E-state index is 13.1. The third-order valence-electron chi connectivity index (χ3n) is 8.52. The van der Waals surface area contributed by atoms with Crippen LogP contribution in [0.3, 0.4) is 0 Å². The lowest BCUT2D eigenvalue weighted by Gasteiger charge is -2.39. The molecule has 0 unspecified atom stereocenters. The monoisotopic (exact) mass is 404 g/mol. The molecule has 1 aromatic rings. The molecule has 4 rings (SSSR count). The third-order valence-corrected chi connectivity index (χ3v) is 8.52. The second-order valence-corrected chi connectivity index (χ2v) is 10.2. The Morgan fingerprint density at radius 3 is 2.41 bits per heavy atom. The summed E-state index contributed by atoms with van der Waals surface area (Å²) in [7, 11) is 0. The Labute approximate surface area is 175 Å². The molecule has 1 heterocycles. The zero-order chi connectivity index (χ0) is 20.6. The molecule has 2 bridgehead atoms. The van der Waals surface area contributed by atoms with Gasteiger partial charge in [0.05, 0.1) is 12.2 Å². The Hall–Kier alpha value is -1.17. The highest BCUT2D eigenvalue weighted by Gasteiger charge is 2.61. The van der Waals surface area contributed by atoms with E-state index in [1.165, 1.54) is 31.4 Å². The molecule has 5 heteroatoms. The molecule has 2 aliphatic carbocycles. The number of ether oxygens (including phenoxy) is 1. The first-order valence-electron chi connectivity index (χ1n) is 11.3. The molecule has 1 N–H and O–H groups in total. The second kappa shape index (κ2) is 8.16. The number of benzene rings is 1. The largest absolute Gasteiger partial charge is 0.392 e. The van der Waals surface area contributed by atoms with Gasteiger partial charge in [-0.05, 0) is 66.7 Å². The predicted octanol–water partition coefficient (Wildman–Crippen LogP) is 3.93. The minimum absolute atomic E-state index is 0.194. The molecule has 4 atom stereocenters. The van der Waals surface area contributed by atoms with Gasteiger partial charge in [-0.3, -0.25) is 4.90 Å². The lowest BCUT2D eigenvalue weighted by atomic mass is 9.70. The number of β-amino-alcohol motifs (C(OH)–C–C–N with tert-alkyl or cyclic N) is 1. The van der Waals surface area contributed by atoms with E-state index in [9.17, 15) is 9.50 Å². The molecule has 162 valence electrons. The number of fused-ring (bicyclic) bond motifs is 2. The number of halogens is 1. The van der Waals surface area contributed by atoms with E-state index >= 15 is 0 Å². The lowest BCUT2D eigenvalue weighted by Crippen LogP contribution is -2.48. The summed E-state index contributed by atoms with van der Waals surface area (Å²) in [5.41, 5.74) is 1.74. The van der Waals surface area contributed by atoms with Crippen LogP contribution in [0.25, 0.3) is 0 Å². The summed E-state index contributed by atoms with van der Waals surface area (Å²) in [6.07, 6.45) is 4.52. The van der Waals surface area contributed by atoms with Crippen LogP contribution < -0.4 is 4.90 Å². The first-order chi connectivity index (χ1) is 13.8. The molecule has 0 aromatic heterocycles. The first-order valence-corrected chi connectivity index (χ1v) is 11.3. The quantitative estimate of drug-likeness (QED) is 0.747. The molecule has 29 heavy (non-hydrogen) atoms. The molecule has 0 amide bonds. The Bertz CT molecular complexity index is 687. The van der Waals surface area contributed by atoms with E-state index in [2.05, 4.69) is 30.6 Å². The molecule has 4 nitrogen and oxygen atoms in total. The van der Waals surface area contributed by atoms with Gasteiger partial charge in [0.2, 0.25) is 0 Å². The highest BCUT2D eigenvalue weighted by molar-refractivity contribution is 5.46. The minimum Gasteiger partial charge on any atom is -0.392 e. The maximum absolute atomic E-state index is 13.1. The van der Waals surface area contributed by atoms with Crippen molar-refractivity contribution in [2.45, 2.75) is 58.7 Å². The van der Waals surface area contributed by atoms with Gasteiger partial charge in [-0.15, -0.1) is 0 Å². The SMILES string of the molecule is CC1(C)[C@H]2CC[C@@]1(C)[C@H](OCC[C@@H](O)CN1CCN(c3ccc(F)cc3)CC1)C2. The summed E-state index contributed by atoms with van der Waals surface area (Å²) in [6, 6.07) is 6.72. The van der Waals surface area contributed by atoms with Gasteiger partial charge in [0.1, 0.15) is 5.82 Å². The van der Waals surface area contributed by atoms with Crippen molar-refractivity contribution in [2.24, 2.45) is 16.7 Å². The van der Waals surface area contributed by atoms with Crippen molar-refractivity contribution in [3.63, 3.8) is 0 Å². The lowest BCUT2D eigenvalue weighted by molar-refractivity contribution is -0.0564. The molecule has 1 aromatic carbocycles. The van der Waals surface area contributed by atoms with Gasteiger partial charge in [0, 0.05) is 45.0 Å².